The van der Waals surface area contributed by atoms with Crippen LogP contribution < -0.4 is 0 Å². The second-order valence-corrected chi connectivity index (χ2v) is 5.70. The zero-order chi connectivity index (χ0) is 19.0. The van der Waals surface area contributed by atoms with Crippen LogP contribution in [0.25, 0.3) is 0 Å². The Morgan fingerprint density at radius 3 is 2.08 bits per heavy atom. The summed E-state index contributed by atoms with van der Waals surface area (Å²) in [5, 5.41) is 10.2. The molecule has 0 radical (unpaired) electrons. The molecule has 0 aromatic heterocycles. The van der Waals surface area contributed by atoms with E-state index in [1.165, 1.54) is 20.8 Å². The highest BCUT2D eigenvalue weighted by molar-refractivity contribution is 5.67. The fourth-order valence-corrected chi connectivity index (χ4v) is 2.43. The zero-order valence-electron chi connectivity index (χ0n) is 14.9. The molecule has 25 heavy (non-hydrogen) atoms. The van der Waals surface area contributed by atoms with E-state index in [0.717, 1.165) is 12.8 Å². The number of esters is 3. The summed E-state index contributed by atoms with van der Waals surface area (Å²) >= 11 is 0. The van der Waals surface area contributed by atoms with E-state index in [1.54, 1.807) is 0 Å². The van der Waals surface area contributed by atoms with Crippen LogP contribution in [0.5, 0.6) is 0 Å². The number of aliphatic hydroxyl groups excluding tert-OH is 1. The number of rotatable bonds is 8. The minimum atomic E-state index is -1.51. The number of hydrogen-bond donors (Lipinski definition) is 1. The van der Waals surface area contributed by atoms with Crippen LogP contribution in [-0.2, 0) is 38.1 Å². The molecular weight excluding hydrogens is 336 g/mol. The molecule has 0 saturated carbocycles. The number of aliphatic hydroxyl groups is 1. The third-order valence-corrected chi connectivity index (χ3v) is 3.47. The Labute approximate surface area is 146 Å². The van der Waals surface area contributed by atoms with Crippen molar-refractivity contribution >= 4 is 17.9 Å². The third kappa shape index (κ3) is 6.97. The van der Waals surface area contributed by atoms with Gasteiger partial charge in [-0.2, -0.15) is 0 Å². The number of carbonyl (C=O) groups is 3. The molecule has 0 unspecified atom stereocenters. The average Bonchev–Trinajstić information content (AvgIpc) is 2.50. The molecule has 0 bridgehead atoms. The van der Waals surface area contributed by atoms with E-state index in [2.05, 4.69) is 0 Å². The van der Waals surface area contributed by atoms with Crippen LogP contribution in [0.4, 0.5) is 0 Å². The molecule has 1 aliphatic heterocycles. The van der Waals surface area contributed by atoms with E-state index in [-0.39, 0.29) is 6.61 Å². The second kappa shape index (κ2) is 10.3. The Balaban J connectivity index is 3.02. The highest BCUT2D eigenvalue weighted by atomic mass is 16.7. The van der Waals surface area contributed by atoms with Crippen molar-refractivity contribution < 1.29 is 43.2 Å². The summed E-state index contributed by atoms with van der Waals surface area (Å²) in [6, 6.07) is 0. The Kier molecular flexibility index (Phi) is 8.81. The zero-order valence-corrected chi connectivity index (χ0v) is 14.9. The van der Waals surface area contributed by atoms with Gasteiger partial charge in [-0.05, 0) is 6.42 Å². The first kappa shape index (κ1) is 21.3. The molecule has 9 heteroatoms. The molecule has 0 amide bonds. The van der Waals surface area contributed by atoms with Crippen LogP contribution in [0, 0.1) is 0 Å². The van der Waals surface area contributed by atoms with E-state index in [0.29, 0.717) is 6.61 Å². The van der Waals surface area contributed by atoms with Crippen molar-refractivity contribution in [2.75, 3.05) is 13.2 Å². The minimum absolute atomic E-state index is 0.245. The predicted molar refractivity (Wildman–Crippen MR) is 83.3 cm³/mol. The van der Waals surface area contributed by atoms with Crippen molar-refractivity contribution in [3.63, 3.8) is 0 Å². The second-order valence-electron chi connectivity index (χ2n) is 5.70. The molecular formula is C16H26O9. The molecule has 1 saturated heterocycles. The Bertz CT molecular complexity index is 465. The molecule has 0 aromatic rings. The SMILES string of the molecule is CCCCO[C@@H]1[C@@H](OC(C)=O)[C@@H](O)O[C@H](COC(C)=O)[C@H]1OC(C)=O. The molecule has 1 fully saturated rings. The Morgan fingerprint density at radius 2 is 1.56 bits per heavy atom. The molecule has 0 aliphatic carbocycles. The van der Waals surface area contributed by atoms with Crippen LogP contribution in [0.1, 0.15) is 40.5 Å². The number of ether oxygens (including phenoxy) is 5. The lowest BCUT2D eigenvalue weighted by atomic mass is 9.98. The summed E-state index contributed by atoms with van der Waals surface area (Å²) in [5.41, 5.74) is 0. The van der Waals surface area contributed by atoms with Gasteiger partial charge in [-0.15, -0.1) is 0 Å². The van der Waals surface area contributed by atoms with Gasteiger partial charge in [0.2, 0.25) is 0 Å². The molecule has 0 aromatic carbocycles. The van der Waals surface area contributed by atoms with Crippen molar-refractivity contribution in [3.8, 4) is 0 Å². The fraction of sp³-hybridized carbons (Fsp3) is 0.812. The number of unbranched alkanes of at least 4 members (excludes halogenated alkanes) is 1. The van der Waals surface area contributed by atoms with Crippen LogP contribution in [-0.4, -0.2) is 66.9 Å². The van der Waals surface area contributed by atoms with Gasteiger partial charge in [0.15, 0.2) is 18.5 Å². The molecule has 5 atom stereocenters. The van der Waals surface area contributed by atoms with Gasteiger partial charge in [0.05, 0.1) is 0 Å². The van der Waals surface area contributed by atoms with Crippen molar-refractivity contribution in [2.24, 2.45) is 0 Å². The maximum atomic E-state index is 11.5. The van der Waals surface area contributed by atoms with E-state index >= 15 is 0 Å². The summed E-state index contributed by atoms with van der Waals surface area (Å²) in [5.74, 6) is -1.80. The lowest BCUT2D eigenvalue weighted by Gasteiger charge is -2.43. The van der Waals surface area contributed by atoms with Crippen LogP contribution in [0.15, 0.2) is 0 Å². The summed E-state index contributed by atoms with van der Waals surface area (Å²) in [7, 11) is 0. The summed E-state index contributed by atoms with van der Waals surface area (Å²) < 4.78 is 26.3. The Morgan fingerprint density at radius 1 is 0.960 bits per heavy atom. The molecule has 0 spiro atoms. The van der Waals surface area contributed by atoms with Gasteiger partial charge in [0.25, 0.3) is 0 Å². The minimum Gasteiger partial charge on any atom is -0.463 e. The summed E-state index contributed by atoms with van der Waals surface area (Å²) in [4.78, 5) is 33.9. The fourth-order valence-electron chi connectivity index (χ4n) is 2.43. The van der Waals surface area contributed by atoms with E-state index in [4.69, 9.17) is 23.7 Å². The van der Waals surface area contributed by atoms with Gasteiger partial charge in [0.1, 0.15) is 18.8 Å². The standard InChI is InChI=1S/C16H26O9/c1-5-6-7-21-14-13(23-10(3)18)12(8-22-9(2)17)25-16(20)15(14)24-11(4)19/h12-16,20H,5-8H2,1-4H3/t12-,13-,14+,15-,16+/m1/s1. The smallest absolute Gasteiger partial charge is 0.303 e. The van der Waals surface area contributed by atoms with E-state index in [9.17, 15) is 19.5 Å². The highest BCUT2D eigenvalue weighted by Crippen LogP contribution is 2.28. The maximum absolute atomic E-state index is 11.5. The molecule has 1 N–H and O–H groups in total. The summed E-state index contributed by atoms with van der Waals surface area (Å²) in [6.45, 7) is 5.64. The lowest BCUT2D eigenvalue weighted by Crippen LogP contribution is -2.62. The first-order valence-electron chi connectivity index (χ1n) is 8.19. The maximum Gasteiger partial charge on any atom is 0.303 e. The Hall–Kier alpha value is -1.71. The topological polar surface area (TPSA) is 118 Å². The van der Waals surface area contributed by atoms with Gasteiger partial charge in [-0.3, -0.25) is 14.4 Å². The quantitative estimate of drug-likeness (QED) is 0.370. The third-order valence-electron chi connectivity index (χ3n) is 3.47. The lowest BCUT2D eigenvalue weighted by molar-refractivity contribution is -0.300. The van der Waals surface area contributed by atoms with Gasteiger partial charge in [-0.1, -0.05) is 13.3 Å². The van der Waals surface area contributed by atoms with Crippen molar-refractivity contribution in [3.05, 3.63) is 0 Å². The molecule has 1 aliphatic rings. The van der Waals surface area contributed by atoms with Crippen molar-refractivity contribution in [2.45, 2.75) is 71.2 Å². The normalized spacial score (nSPS) is 28.9. The molecule has 1 rings (SSSR count). The van der Waals surface area contributed by atoms with E-state index < -0.39 is 48.6 Å². The highest BCUT2D eigenvalue weighted by Gasteiger charge is 2.50. The molecule has 1 heterocycles. The monoisotopic (exact) mass is 362 g/mol. The van der Waals surface area contributed by atoms with Crippen LogP contribution in [0.3, 0.4) is 0 Å². The number of hydrogen-bond acceptors (Lipinski definition) is 9. The van der Waals surface area contributed by atoms with Gasteiger partial charge < -0.3 is 28.8 Å². The van der Waals surface area contributed by atoms with Crippen LogP contribution >= 0.6 is 0 Å². The van der Waals surface area contributed by atoms with E-state index in [1.807, 2.05) is 6.92 Å². The van der Waals surface area contributed by atoms with Gasteiger partial charge in [-0.25, -0.2) is 0 Å². The average molecular weight is 362 g/mol. The van der Waals surface area contributed by atoms with Crippen LogP contribution in [0.2, 0.25) is 0 Å². The van der Waals surface area contributed by atoms with Gasteiger partial charge in [0, 0.05) is 27.4 Å². The summed E-state index contributed by atoms with van der Waals surface area (Å²) in [6.07, 6.45) is -4.03. The van der Waals surface area contributed by atoms with Crippen molar-refractivity contribution in [1.82, 2.24) is 0 Å². The van der Waals surface area contributed by atoms with Crippen molar-refractivity contribution in [1.29, 1.82) is 0 Å². The first-order chi connectivity index (χ1) is 11.8. The molecule has 144 valence electrons. The predicted octanol–water partition coefficient (Wildman–Crippen LogP) is 0.315. The van der Waals surface area contributed by atoms with Gasteiger partial charge >= 0.3 is 17.9 Å². The molecule has 9 nitrogen and oxygen atoms in total. The number of carbonyl (C=O) groups excluding carboxylic acids is 3. The first-order valence-corrected chi connectivity index (χ1v) is 8.19. The largest absolute Gasteiger partial charge is 0.463 e.